The lowest BCUT2D eigenvalue weighted by Gasteiger charge is -2.35. The first kappa shape index (κ1) is 16.0. The molecule has 1 aliphatic rings. The van der Waals surface area contributed by atoms with Crippen molar-refractivity contribution in [1.29, 1.82) is 0 Å². The van der Waals surface area contributed by atoms with Gasteiger partial charge in [-0.15, -0.1) is 0 Å². The van der Waals surface area contributed by atoms with E-state index in [2.05, 4.69) is 37.9 Å². The van der Waals surface area contributed by atoms with E-state index in [1.54, 1.807) is 0 Å². The molecule has 0 aromatic rings. The van der Waals surface area contributed by atoms with Crippen LogP contribution >= 0.6 is 0 Å². The summed E-state index contributed by atoms with van der Waals surface area (Å²) in [6.07, 6.45) is 5.49. The third-order valence-electron chi connectivity index (χ3n) is 4.26. The smallest absolute Gasteiger partial charge is 0.00219 e. The van der Waals surface area contributed by atoms with Gasteiger partial charge in [-0.1, -0.05) is 40.5 Å². The van der Waals surface area contributed by atoms with Crippen LogP contribution in [0.15, 0.2) is 0 Å². The van der Waals surface area contributed by atoms with Crippen LogP contribution in [0.3, 0.4) is 0 Å². The summed E-state index contributed by atoms with van der Waals surface area (Å²) in [5, 5.41) is 3.63. The molecule has 0 spiro atoms. The van der Waals surface area contributed by atoms with Crippen LogP contribution in [-0.2, 0) is 0 Å². The van der Waals surface area contributed by atoms with Gasteiger partial charge >= 0.3 is 0 Å². The standard InChI is InChI=1S/C16H34N2/c1-5-15(6-2)12-18-9-7-8-16(13-18)11-17-10-14(3)4/h14-17H,5-13H2,1-4H3. The maximum Gasteiger partial charge on any atom is 0.00219 e. The monoisotopic (exact) mass is 254 g/mol. The molecule has 1 aliphatic heterocycles. The first-order valence-corrected chi connectivity index (χ1v) is 8.08. The molecule has 1 unspecified atom stereocenters. The van der Waals surface area contributed by atoms with E-state index in [1.807, 2.05) is 0 Å². The van der Waals surface area contributed by atoms with E-state index >= 15 is 0 Å². The summed E-state index contributed by atoms with van der Waals surface area (Å²) in [5.41, 5.74) is 0. The van der Waals surface area contributed by atoms with Gasteiger partial charge in [0, 0.05) is 13.1 Å². The number of rotatable bonds is 8. The molecule has 0 aromatic heterocycles. The minimum absolute atomic E-state index is 0.772. The van der Waals surface area contributed by atoms with Gasteiger partial charge in [0.2, 0.25) is 0 Å². The van der Waals surface area contributed by atoms with Crippen LogP contribution in [0.4, 0.5) is 0 Å². The average molecular weight is 254 g/mol. The van der Waals surface area contributed by atoms with Crippen molar-refractivity contribution in [2.24, 2.45) is 17.8 Å². The van der Waals surface area contributed by atoms with Crippen LogP contribution in [0.5, 0.6) is 0 Å². The molecule has 1 atom stereocenters. The van der Waals surface area contributed by atoms with Crippen LogP contribution in [0.2, 0.25) is 0 Å². The number of likely N-dealkylation sites (tertiary alicyclic amines) is 1. The fourth-order valence-corrected chi connectivity index (χ4v) is 2.97. The number of hydrogen-bond acceptors (Lipinski definition) is 2. The second-order valence-corrected chi connectivity index (χ2v) is 6.50. The summed E-state index contributed by atoms with van der Waals surface area (Å²) < 4.78 is 0. The van der Waals surface area contributed by atoms with Crippen molar-refractivity contribution in [3.8, 4) is 0 Å². The summed E-state index contributed by atoms with van der Waals surface area (Å²) >= 11 is 0. The normalized spacial score (nSPS) is 22.0. The lowest BCUT2D eigenvalue weighted by Crippen LogP contribution is -2.42. The molecule has 2 nitrogen and oxygen atoms in total. The average Bonchev–Trinajstić information content (AvgIpc) is 2.36. The van der Waals surface area contributed by atoms with Gasteiger partial charge in [0.25, 0.3) is 0 Å². The Kier molecular flexibility index (Phi) is 7.92. The van der Waals surface area contributed by atoms with Gasteiger partial charge in [-0.05, 0) is 50.2 Å². The van der Waals surface area contributed by atoms with Crippen molar-refractivity contribution < 1.29 is 0 Å². The molecule has 108 valence electrons. The maximum absolute atomic E-state index is 3.63. The molecular formula is C16H34N2. The van der Waals surface area contributed by atoms with Crippen LogP contribution in [0.25, 0.3) is 0 Å². The minimum Gasteiger partial charge on any atom is -0.316 e. The molecule has 18 heavy (non-hydrogen) atoms. The second kappa shape index (κ2) is 8.92. The van der Waals surface area contributed by atoms with E-state index in [0.29, 0.717) is 0 Å². The third-order valence-corrected chi connectivity index (χ3v) is 4.26. The Balaban J connectivity index is 2.23. The molecule has 1 rings (SSSR count). The predicted octanol–water partition coefficient (Wildman–Crippen LogP) is 3.38. The van der Waals surface area contributed by atoms with Gasteiger partial charge in [-0.2, -0.15) is 0 Å². The number of hydrogen-bond donors (Lipinski definition) is 1. The summed E-state index contributed by atoms with van der Waals surface area (Å²) in [4.78, 5) is 2.71. The van der Waals surface area contributed by atoms with E-state index in [4.69, 9.17) is 0 Å². The van der Waals surface area contributed by atoms with Crippen molar-refractivity contribution in [2.45, 2.75) is 53.4 Å². The first-order chi connectivity index (χ1) is 8.65. The Morgan fingerprint density at radius 3 is 2.56 bits per heavy atom. The molecule has 1 saturated heterocycles. The zero-order valence-electron chi connectivity index (χ0n) is 13.0. The van der Waals surface area contributed by atoms with Crippen molar-refractivity contribution in [1.82, 2.24) is 10.2 Å². The Labute approximate surface area is 115 Å². The molecule has 0 radical (unpaired) electrons. The quantitative estimate of drug-likeness (QED) is 0.714. The highest BCUT2D eigenvalue weighted by molar-refractivity contribution is 4.76. The lowest BCUT2D eigenvalue weighted by molar-refractivity contribution is 0.146. The molecule has 1 fully saturated rings. The summed E-state index contributed by atoms with van der Waals surface area (Å²) in [6.45, 7) is 15.6. The minimum atomic E-state index is 0.772. The summed E-state index contributed by atoms with van der Waals surface area (Å²) in [6, 6.07) is 0. The third kappa shape index (κ3) is 6.19. The fourth-order valence-electron chi connectivity index (χ4n) is 2.97. The van der Waals surface area contributed by atoms with Gasteiger partial charge in [-0.25, -0.2) is 0 Å². The zero-order chi connectivity index (χ0) is 13.4. The zero-order valence-corrected chi connectivity index (χ0v) is 13.0. The van der Waals surface area contributed by atoms with E-state index in [-0.39, 0.29) is 0 Å². The highest BCUT2D eigenvalue weighted by Crippen LogP contribution is 2.19. The number of nitrogens with one attached hydrogen (secondary N) is 1. The summed E-state index contributed by atoms with van der Waals surface area (Å²) in [5.74, 6) is 2.56. The second-order valence-electron chi connectivity index (χ2n) is 6.50. The number of piperidine rings is 1. The molecular weight excluding hydrogens is 220 g/mol. The highest BCUT2D eigenvalue weighted by atomic mass is 15.1. The highest BCUT2D eigenvalue weighted by Gasteiger charge is 2.21. The largest absolute Gasteiger partial charge is 0.316 e. The van der Waals surface area contributed by atoms with E-state index in [0.717, 1.165) is 17.8 Å². The van der Waals surface area contributed by atoms with Gasteiger partial charge in [0.1, 0.15) is 0 Å². The number of nitrogens with zero attached hydrogens (tertiary/aromatic N) is 1. The molecule has 0 aromatic carbocycles. The molecule has 1 N–H and O–H groups in total. The Morgan fingerprint density at radius 2 is 1.94 bits per heavy atom. The predicted molar refractivity (Wildman–Crippen MR) is 80.9 cm³/mol. The van der Waals surface area contributed by atoms with Crippen LogP contribution in [0.1, 0.15) is 53.4 Å². The van der Waals surface area contributed by atoms with Crippen molar-refractivity contribution in [3.63, 3.8) is 0 Å². The van der Waals surface area contributed by atoms with Crippen LogP contribution in [0, 0.1) is 17.8 Å². The summed E-state index contributed by atoms with van der Waals surface area (Å²) in [7, 11) is 0. The van der Waals surface area contributed by atoms with Crippen molar-refractivity contribution in [3.05, 3.63) is 0 Å². The Morgan fingerprint density at radius 1 is 1.22 bits per heavy atom. The molecule has 0 aliphatic carbocycles. The Bertz CT molecular complexity index is 199. The van der Waals surface area contributed by atoms with Gasteiger partial charge in [-0.3, -0.25) is 0 Å². The van der Waals surface area contributed by atoms with E-state index in [9.17, 15) is 0 Å². The molecule has 2 heteroatoms. The van der Waals surface area contributed by atoms with E-state index in [1.165, 1.54) is 58.4 Å². The van der Waals surface area contributed by atoms with Crippen molar-refractivity contribution >= 4 is 0 Å². The van der Waals surface area contributed by atoms with Crippen LogP contribution in [-0.4, -0.2) is 37.6 Å². The topological polar surface area (TPSA) is 15.3 Å². The Hall–Kier alpha value is -0.0800. The maximum atomic E-state index is 3.63. The molecule has 0 bridgehead atoms. The molecule has 0 saturated carbocycles. The lowest BCUT2D eigenvalue weighted by atomic mass is 9.95. The molecule has 0 amide bonds. The van der Waals surface area contributed by atoms with E-state index < -0.39 is 0 Å². The first-order valence-electron chi connectivity index (χ1n) is 8.08. The van der Waals surface area contributed by atoms with Crippen LogP contribution < -0.4 is 5.32 Å². The van der Waals surface area contributed by atoms with Crippen molar-refractivity contribution in [2.75, 3.05) is 32.7 Å². The van der Waals surface area contributed by atoms with Gasteiger partial charge in [0.15, 0.2) is 0 Å². The fraction of sp³-hybridized carbons (Fsp3) is 1.00. The SMILES string of the molecule is CCC(CC)CN1CCCC(CNCC(C)C)C1. The molecule has 1 heterocycles. The van der Waals surface area contributed by atoms with Gasteiger partial charge in [0.05, 0.1) is 0 Å². The van der Waals surface area contributed by atoms with Gasteiger partial charge < -0.3 is 10.2 Å².